The van der Waals surface area contributed by atoms with Crippen molar-refractivity contribution in [2.75, 3.05) is 6.61 Å². The third-order valence-corrected chi connectivity index (χ3v) is 3.27. The van der Waals surface area contributed by atoms with E-state index in [2.05, 4.69) is 22.5 Å². The van der Waals surface area contributed by atoms with Crippen LogP contribution in [0.15, 0.2) is 35.3 Å². The lowest BCUT2D eigenvalue weighted by atomic mass is 10.1. The summed E-state index contributed by atoms with van der Waals surface area (Å²) in [5, 5.41) is 0. The van der Waals surface area contributed by atoms with Gasteiger partial charge in [-0.25, -0.2) is 0 Å². The van der Waals surface area contributed by atoms with Crippen LogP contribution in [-0.4, -0.2) is 6.61 Å². The molecule has 0 bridgehead atoms. The first-order chi connectivity index (χ1) is 8.65. The fourth-order valence-corrected chi connectivity index (χ4v) is 2.10. The molecule has 0 heterocycles. The van der Waals surface area contributed by atoms with Gasteiger partial charge in [-0.1, -0.05) is 28.1 Å². The fraction of sp³-hybridized carbons (Fsp3) is 0.467. The highest BCUT2D eigenvalue weighted by Gasteiger charge is 2.08. The lowest BCUT2D eigenvalue weighted by Gasteiger charge is -2.14. The number of hydrogen-bond donors (Lipinski definition) is 1. The van der Waals surface area contributed by atoms with Crippen molar-refractivity contribution in [1.29, 1.82) is 0 Å². The first-order valence-corrected chi connectivity index (χ1v) is 7.23. The highest BCUT2D eigenvalue weighted by atomic mass is 79.9. The molecular formula is C15H22BrNO. The van der Waals surface area contributed by atoms with E-state index in [1.165, 1.54) is 12.8 Å². The van der Waals surface area contributed by atoms with Crippen LogP contribution in [0.2, 0.25) is 0 Å². The van der Waals surface area contributed by atoms with Crippen LogP contribution in [0.25, 0.3) is 0 Å². The molecule has 2 N–H and O–H groups in total. The molecule has 1 rings (SSSR count). The average molecular weight is 312 g/mol. The summed E-state index contributed by atoms with van der Waals surface area (Å²) in [6.07, 6.45) is 6.48. The molecule has 0 saturated heterocycles. The molecule has 1 aromatic rings. The second-order valence-corrected chi connectivity index (χ2v) is 5.37. The van der Waals surface area contributed by atoms with E-state index < -0.39 is 0 Å². The van der Waals surface area contributed by atoms with Crippen molar-refractivity contribution in [3.63, 3.8) is 0 Å². The summed E-state index contributed by atoms with van der Waals surface area (Å²) in [4.78, 5) is 0. The van der Waals surface area contributed by atoms with Crippen molar-refractivity contribution in [3.8, 4) is 5.75 Å². The molecule has 18 heavy (non-hydrogen) atoms. The standard InChI is InChI=1S/C15H22BrNO/c1-3-4-5-6-7-10-18-15-11-13(16)8-9-14(15)12(2)17/h3,8-9,11-12H,1,4-7,10,17H2,2H3/t12-/m1/s1. The molecule has 2 nitrogen and oxygen atoms in total. The number of rotatable bonds is 8. The van der Waals surface area contributed by atoms with E-state index in [1.54, 1.807) is 0 Å². The summed E-state index contributed by atoms with van der Waals surface area (Å²) in [5.41, 5.74) is 6.99. The Kier molecular flexibility index (Phi) is 7.06. The molecule has 0 aliphatic rings. The maximum atomic E-state index is 5.93. The van der Waals surface area contributed by atoms with Gasteiger partial charge in [0.15, 0.2) is 0 Å². The average Bonchev–Trinajstić information content (AvgIpc) is 2.33. The summed E-state index contributed by atoms with van der Waals surface area (Å²) < 4.78 is 6.85. The van der Waals surface area contributed by atoms with Crippen molar-refractivity contribution in [1.82, 2.24) is 0 Å². The predicted octanol–water partition coefficient (Wildman–Crippen LogP) is 4.59. The van der Waals surface area contributed by atoms with Gasteiger partial charge >= 0.3 is 0 Å². The number of unbranched alkanes of at least 4 members (excludes halogenated alkanes) is 3. The largest absolute Gasteiger partial charge is 0.493 e. The molecule has 3 heteroatoms. The molecule has 0 amide bonds. The molecule has 0 unspecified atom stereocenters. The molecule has 100 valence electrons. The van der Waals surface area contributed by atoms with Gasteiger partial charge in [0.25, 0.3) is 0 Å². The van der Waals surface area contributed by atoms with Gasteiger partial charge in [-0.2, -0.15) is 0 Å². The zero-order chi connectivity index (χ0) is 13.4. The molecule has 0 aromatic heterocycles. The van der Waals surface area contributed by atoms with Crippen LogP contribution in [0.5, 0.6) is 5.75 Å². The first-order valence-electron chi connectivity index (χ1n) is 6.44. The third kappa shape index (κ3) is 5.23. The molecule has 0 radical (unpaired) electrons. The number of hydrogen-bond acceptors (Lipinski definition) is 2. The lowest BCUT2D eigenvalue weighted by Crippen LogP contribution is -2.08. The molecule has 0 saturated carbocycles. The molecule has 0 aliphatic carbocycles. The Morgan fingerprint density at radius 3 is 2.83 bits per heavy atom. The Hall–Kier alpha value is -0.800. The van der Waals surface area contributed by atoms with Crippen molar-refractivity contribution >= 4 is 15.9 Å². The van der Waals surface area contributed by atoms with Gasteiger partial charge in [-0.3, -0.25) is 0 Å². The van der Waals surface area contributed by atoms with Gasteiger partial charge in [0.05, 0.1) is 6.61 Å². The SMILES string of the molecule is C=CCCCCCOc1cc(Br)ccc1[C@@H](C)N. The van der Waals surface area contributed by atoms with Gasteiger partial charge in [0.2, 0.25) is 0 Å². The van der Waals surface area contributed by atoms with E-state index in [9.17, 15) is 0 Å². The monoisotopic (exact) mass is 311 g/mol. The maximum absolute atomic E-state index is 5.93. The summed E-state index contributed by atoms with van der Waals surface area (Å²) in [7, 11) is 0. The van der Waals surface area contributed by atoms with Gasteiger partial charge in [-0.05, 0) is 44.7 Å². The second-order valence-electron chi connectivity index (χ2n) is 4.46. The molecule has 0 spiro atoms. The zero-order valence-corrected chi connectivity index (χ0v) is 12.6. The van der Waals surface area contributed by atoms with Crippen molar-refractivity contribution < 1.29 is 4.74 Å². The van der Waals surface area contributed by atoms with E-state index in [1.807, 2.05) is 31.2 Å². The first kappa shape index (κ1) is 15.3. The molecule has 0 fully saturated rings. The predicted molar refractivity (Wildman–Crippen MR) is 80.9 cm³/mol. The highest BCUT2D eigenvalue weighted by Crippen LogP contribution is 2.27. The summed E-state index contributed by atoms with van der Waals surface area (Å²) in [5.74, 6) is 0.892. The van der Waals surface area contributed by atoms with Crippen LogP contribution < -0.4 is 10.5 Å². The van der Waals surface area contributed by atoms with Crippen LogP contribution in [0.4, 0.5) is 0 Å². The molecule has 1 aromatic carbocycles. The molecular weight excluding hydrogens is 290 g/mol. The Labute approximate surface area is 118 Å². The minimum absolute atomic E-state index is 0.00568. The summed E-state index contributed by atoms with van der Waals surface area (Å²) >= 11 is 3.46. The van der Waals surface area contributed by atoms with Crippen LogP contribution in [0.3, 0.4) is 0 Å². The van der Waals surface area contributed by atoms with Crippen molar-refractivity contribution in [2.45, 2.75) is 38.6 Å². The normalized spacial score (nSPS) is 12.2. The van der Waals surface area contributed by atoms with E-state index in [4.69, 9.17) is 10.5 Å². The number of benzene rings is 1. The van der Waals surface area contributed by atoms with Crippen LogP contribution in [0, 0.1) is 0 Å². The zero-order valence-electron chi connectivity index (χ0n) is 11.0. The Bertz CT molecular complexity index is 377. The molecule has 0 aliphatic heterocycles. The quantitative estimate of drug-likeness (QED) is 0.562. The fourth-order valence-electron chi connectivity index (χ4n) is 1.76. The van der Waals surface area contributed by atoms with Crippen LogP contribution >= 0.6 is 15.9 Å². The minimum atomic E-state index is -0.00568. The van der Waals surface area contributed by atoms with Gasteiger partial charge in [0, 0.05) is 16.1 Å². The second kappa shape index (κ2) is 8.33. The number of ether oxygens (including phenoxy) is 1. The van der Waals surface area contributed by atoms with E-state index in [0.717, 1.165) is 35.2 Å². The third-order valence-electron chi connectivity index (χ3n) is 2.78. The summed E-state index contributed by atoms with van der Waals surface area (Å²) in [6, 6.07) is 5.99. The van der Waals surface area contributed by atoms with Gasteiger partial charge in [-0.15, -0.1) is 6.58 Å². The van der Waals surface area contributed by atoms with Crippen LogP contribution in [0.1, 0.15) is 44.2 Å². The molecule has 1 atom stereocenters. The van der Waals surface area contributed by atoms with E-state index in [0.29, 0.717) is 0 Å². The summed E-state index contributed by atoms with van der Waals surface area (Å²) in [6.45, 7) is 6.43. The lowest BCUT2D eigenvalue weighted by molar-refractivity contribution is 0.301. The van der Waals surface area contributed by atoms with Crippen LogP contribution in [-0.2, 0) is 0 Å². The van der Waals surface area contributed by atoms with Gasteiger partial charge < -0.3 is 10.5 Å². The number of nitrogens with two attached hydrogens (primary N) is 1. The smallest absolute Gasteiger partial charge is 0.125 e. The number of allylic oxidation sites excluding steroid dienone is 1. The van der Waals surface area contributed by atoms with E-state index >= 15 is 0 Å². The van der Waals surface area contributed by atoms with E-state index in [-0.39, 0.29) is 6.04 Å². The Morgan fingerprint density at radius 2 is 2.17 bits per heavy atom. The topological polar surface area (TPSA) is 35.2 Å². The van der Waals surface area contributed by atoms with Crippen molar-refractivity contribution in [3.05, 3.63) is 40.9 Å². The number of halogens is 1. The minimum Gasteiger partial charge on any atom is -0.493 e. The Morgan fingerprint density at radius 1 is 1.39 bits per heavy atom. The highest BCUT2D eigenvalue weighted by molar-refractivity contribution is 9.10. The Balaban J connectivity index is 2.45. The van der Waals surface area contributed by atoms with Gasteiger partial charge in [0.1, 0.15) is 5.75 Å². The maximum Gasteiger partial charge on any atom is 0.125 e. The van der Waals surface area contributed by atoms with Crippen molar-refractivity contribution in [2.24, 2.45) is 5.73 Å².